The highest BCUT2D eigenvalue weighted by atomic mass is 16.4. The maximum Gasteiger partial charge on any atom is 0.349 e. The maximum atomic E-state index is 12.6. The highest BCUT2D eigenvalue weighted by Crippen LogP contribution is 2.16. The van der Waals surface area contributed by atoms with Crippen molar-refractivity contribution in [2.75, 3.05) is 20.1 Å². The van der Waals surface area contributed by atoms with E-state index in [0.29, 0.717) is 24.1 Å². The monoisotopic (exact) mass is 300 g/mol. The van der Waals surface area contributed by atoms with E-state index < -0.39 is 17.6 Å². The number of carbonyl (C=O) groups excluding carboxylic acids is 2. The smallest absolute Gasteiger partial charge is 0.349 e. The third-order valence-electron chi connectivity index (χ3n) is 4.01. The fourth-order valence-electron chi connectivity index (χ4n) is 2.66. The van der Waals surface area contributed by atoms with Crippen LogP contribution in [-0.2, 0) is 4.79 Å². The van der Waals surface area contributed by atoms with E-state index in [4.69, 9.17) is 4.42 Å². The van der Waals surface area contributed by atoms with Gasteiger partial charge in [-0.1, -0.05) is 18.2 Å². The molecule has 1 aromatic carbocycles. The number of benzene rings is 1. The van der Waals surface area contributed by atoms with Crippen LogP contribution in [0.1, 0.15) is 17.3 Å². The summed E-state index contributed by atoms with van der Waals surface area (Å²) in [6.45, 7) is 2.51. The van der Waals surface area contributed by atoms with E-state index in [1.54, 1.807) is 43.1 Å². The first kappa shape index (κ1) is 14.3. The van der Waals surface area contributed by atoms with E-state index in [1.165, 1.54) is 11.0 Å². The fraction of sp³-hybridized carbons (Fsp3) is 0.312. The average Bonchev–Trinajstić information content (AvgIpc) is 2.51. The Morgan fingerprint density at radius 3 is 2.73 bits per heavy atom. The summed E-state index contributed by atoms with van der Waals surface area (Å²) in [6, 6.07) is 7.95. The molecule has 1 aliphatic rings. The van der Waals surface area contributed by atoms with Gasteiger partial charge in [0.15, 0.2) is 0 Å². The van der Waals surface area contributed by atoms with Crippen molar-refractivity contribution in [3.8, 4) is 0 Å². The molecule has 1 aliphatic heterocycles. The molecule has 6 heteroatoms. The second kappa shape index (κ2) is 5.29. The van der Waals surface area contributed by atoms with Gasteiger partial charge in [-0.25, -0.2) is 4.79 Å². The number of rotatable bonds is 1. The summed E-state index contributed by atoms with van der Waals surface area (Å²) >= 11 is 0. The quantitative estimate of drug-likeness (QED) is 0.739. The van der Waals surface area contributed by atoms with E-state index >= 15 is 0 Å². The van der Waals surface area contributed by atoms with Crippen LogP contribution < -0.4 is 5.63 Å². The molecule has 22 heavy (non-hydrogen) atoms. The molecule has 1 atom stereocenters. The van der Waals surface area contributed by atoms with Crippen LogP contribution in [0.2, 0.25) is 0 Å². The van der Waals surface area contributed by atoms with Crippen molar-refractivity contribution in [1.29, 1.82) is 0 Å². The summed E-state index contributed by atoms with van der Waals surface area (Å²) in [5, 5.41) is 0.679. The Morgan fingerprint density at radius 2 is 1.95 bits per heavy atom. The fourth-order valence-corrected chi connectivity index (χ4v) is 2.66. The van der Waals surface area contributed by atoms with Crippen LogP contribution in [0.25, 0.3) is 11.0 Å². The topological polar surface area (TPSA) is 70.8 Å². The van der Waals surface area contributed by atoms with Crippen LogP contribution in [-0.4, -0.2) is 47.8 Å². The lowest BCUT2D eigenvalue weighted by Crippen LogP contribution is -2.56. The Hall–Kier alpha value is -2.63. The van der Waals surface area contributed by atoms with Gasteiger partial charge in [0.1, 0.15) is 17.2 Å². The van der Waals surface area contributed by atoms with Crippen LogP contribution in [0.5, 0.6) is 0 Å². The zero-order chi connectivity index (χ0) is 15.9. The number of fused-ring (bicyclic) bond motifs is 1. The van der Waals surface area contributed by atoms with Gasteiger partial charge in [0.05, 0.1) is 0 Å². The minimum absolute atomic E-state index is 0.0390. The predicted molar refractivity (Wildman–Crippen MR) is 80.6 cm³/mol. The van der Waals surface area contributed by atoms with Crippen molar-refractivity contribution < 1.29 is 14.0 Å². The largest absolute Gasteiger partial charge is 0.422 e. The number of carbonyl (C=O) groups is 2. The van der Waals surface area contributed by atoms with Crippen molar-refractivity contribution in [1.82, 2.24) is 9.80 Å². The third-order valence-corrected chi connectivity index (χ3v) is 4.01. The maximum absolute atomic E-state index is 12.6. The number of hydrogen-bond acceptors (Lipinski definition) is 4. The van der Waals surface area contributed by atoms with Crippen LogP contribution in [0.4, 0.5) is 0 Å². The summed E-state index contributed by atoms with van der Waals surface area (Å²) < 4.78 is 5.19. The molecule has 1 unspecified atom stereocenters. The summed E-state index contributed by atoms with van der Waals surface area (Å²) in [5.41, 5.74) is -0.281. The second-order valence-electron chi connectivity index (χ2n) is 5.42. The Kier molecular flexibility index (Phi) is 3.44. The van der Waals surface area contributed by atoms with Gasteiger partial charge in [0.2, 0.25) is 5.91 Å². The molecule has 1 fully saturated rings. The zero-order valence-corrected chi connectivity index (χ0v) is 12.4. The van der Waals surface area contributed by atoms with Gasteiger partial charge in [0, 0.05) is 25.5 Å². The minimum Gasteiger partial charge on any atom is -0.422 e. The van der Waals surface area contributed by atoms with Crippen molar-refractivity contribution in [2.45, 2.75) is 13.0 Å². The molecular weight excluding hydrogens is 284 g/mol. The first-order chi connectivity index (χ1) is 10.5. The Balaban J connectivity index is 2.00. The highest BCUT2D eigenvalue weighted by Gasteiger charge is 2.34. The lowest BCUT2D eigenvalue weighted by Gasteiger charge is -2.37. The summed E-state index contributed by atoms with van der Waals surface area (Å²) in [6.07, 6.45) is 0. The number of amides is 2. The molecule has 0 aliphatic carbocycles. The van der Waals surface area contributed by atoms with Crippen molar-refractivity contribution in [3.05, 3.63) is 46.3 Å². The molecular formula is C16H16N2O4. The molecule has 0 bridgehead atoms. The average molecular weight is 300 g/mol. The summed E-state index contributed by atoms with van der Waals surface area (Å²) in [5.74, 6) is -0.599. The second-order valence-corrected chi connectivity index (χ2v) is 5.42. The van der Waals surface area contributed by atoms with E-state index in [1.807, 2.05) is 0 Å². The Bertz CT molecular complexity index is 811. The van der Waals surface area contributed by atoms with E-state index in [0.717, 1.165) is 0 Å². The summed E-state index contributed by atoms with van der Waals surface area (Å²) in [7, 11) is 1.70. The molecule has 0 saturated carbocycles. The van der Waals surface area contributed by atoms with Crippen LogP contribution >= 0.6 is 0 Å². The molecule has 2 aromatic rings. The number of nitrogens with zero attached hydrogens (tertiary/aromatic N) is 2. The molecule has 0 N–H and O–H groups in total. The van der Waals surface area contributed by atoms with Crippen molar-refractivity contribution in [2.24, 2.45) is 0 Å². The molecule has 114 valence electrons. The van der Waals surface area contributed by atoms with Crippen LogP contribution in [0.15, 0.2) is 39.5 Å². The zero-order valence-electron chi connectivity index (χ0n) is 12.4. The lowest BCUT2D eigenvalue weighted by molar-refractivity contribution is -0.137. The lowest BCUT2D eigenvalue weighted by atomic mass is 10.1. The number of para-hydroxylation sites is 1. The van der Waals surface area contributed by atoms with Gasteiger partial charge < -0.3 is 14.2 Å². The molecule has 1 aromatic heterocycles. The van der Waals surface area contributed by atoms with Crippen molar-refractivity contribution in [3.63, 3.8) is 0 Å². The Morgan fingerprint density at radius 1 is 1.23 bits per heavy atom. The molecule has 2 heterocycles. The van der Waals surface area contributed by atoms with Gasteiger partial charge >= 0.3 is 5.63 Å². The third kappa shape index (κ3) is 2.26. The number of likely N-dealkylation sites (N-methyl/N-ethyl adjacent to an activating group) is 1. The SMILES string of the molecule is CC1C(=O)N(C)CCN1C(=O)c1cc2ccccc2oc1=O. The first-order valence-corrected chi connectivity index (χ1v) is 7.08. The normalized spacial score (nSPS) is 18.8. The molecule has 1 saturated heterocycles. The van der Waals surface area contributed by atoms with Gasteiger partial charge in [-0.15, -0.1) is 0 Å². The van der Waals surface area contributed by atoms with Gasteiger partial charge in [0.25, 0.3) is 5.91 Å². The van der Waals surface area contributed by atoms with Crippen molar-refractivity contribution >= 4 is 22.8 Å². The Labute approximate surface area is 126 Å². The minimum atomic E-state index is -0.678. The van der Waals surface area contributed by atoms with E-state index in [9.17, 15) is 14.4 Å². The molecule has 6 nitrogen and oxygen atoms in total. The first-order valence-electron chi connectivity index (χ1n) is 7.08. The standard InChI is InChI=1S/C16H16N2O4/c1-10-14(19)17(2)7-8-18(10)15(20)12-9-11-5-3-4-6-13(11)22-16(12)21/h3-6,9-10H,7-8H2,1-2H3. The van der Waals surface area contributed by atoms with Gasteiger partial charge in [-0.05, 0) is 19.1 Å². The van der Waals surface area contributed by atoms with Gasteiger partial charge in [-0.3, -0.25) is 9.59 Å². The number of hydrogen-bond donors (Lipinski definition) is 0. The predicted octanol–water partition coefficient (Wildman–Crippen LogP) is 1.10. The van der Waals surface area contributed by atoms with Crippen LogP contribution in [0.3, 0.4) is 0 Å². The number of piperazine rings is 1. The van der Waals surface area contributed by atoms with E-state index in [-0.39, 0.29) is 11.5 Å². The van der Waals surface area contributed by atoms with E-state index in [2.05, 4.69) is 0 Å². The molecule has 0 radical (unpaired) electrons. The van der Waals surface area contributed by atoms with Gasteiger partial charge in [-0.2, -0.15) is 0 Å². The highest BCUT2D eigenvalue weighted by molar-refractivity contribution is 5.99. The summed E-state index contributed by atoms with van der Waals surface area (Å²) in [4.78, 5) is 39.7. The molecule has 0 spiro atoms. The van der Waals surface area contributed by atoms with Crippen LogP contribution in [0, 0.1) is 0 Å². The molecule has 3 rings (SSSR count). The molecule has 2 amide bonds.